The van der Waals surface area contributed by atoms with E-state index in [1.165, 1.54) is 6.26 Å². The summed E-state index contributed by atoms with van der Waals surface area (Å²) >= 11 is 6.00. The Morgan fingerprint density at radius 1 is 1.19 bits per heavy atom. The molecule has 144 valence electrons. The van der Waals surface area contributed by atoms with Gasteiger partial charge in [0.2, 0.25) is 0 Å². The number of amides is 2. The van der Waals surface area contributed by atoms with Crippen molar-refractivity contribution in [3.05, 3.63) is 34.9 Å². The third kappa shape index (κ3) is 4.01. The normalized spacial score (nSPS) is 23.0. The molecule has 2 amide bonds. The maximum absolute atomic E-state index is 12.9. The van der Waals surface area contributed by atoms with Crippen LogP contribution in [-0.2, 0) is 9.84 Å². The van der Waals surface area contributed by atoms with Gasteiger partial charge in [0.1, 0.15) is 0 Å². The van der Waals surface area contributed by atoms with Crippen molar-refractivity contribution in [3.63, 3.8) is 0 Å². The van der Waals surface area contributed by atoms with Gasteiger partial charge < -0.3 is 10.2 Å². The molecule has 1 unspecified atom stereocenters. The molecule has 2 aliphatic rings. The van der Waals surface area contributed by atoms with E-state index in [1.54, 1.807) is 0 Å². The van der Waals surface area contributed by atoms with Gasteiger partial charge in [-0.2, -0.15) is 0 Å². The number of benzene rings is 1. The first-order valence-electron chi connectivity index (χ1n) is 9.32. The molecule has 1 aromatic rings. The van der Waals surface area contributed by atoms with Crippen LogP contribution >= 0.6 is 11.6 Å². The highest BCUT2D eigenvalue weighted by molar-refractivity contribution is 7.92. The largest absolute Gasteiger partial charge is 0.336 e. The zero-order valence-corrected chi connectivity index (χ0v) is 16.8. The molecule has 7 heteroatoms. The van der Waals surface area contributed by atoms with Crippen molar-refractivity contribution in [2.75, 3.05) is 19.3 Å². The first-order chi connectivity index (χ1) is 12.3. The lowest BCUT2D eigenvalue weighted by Crippen LogP contribution is -2.55. The van der Waals surface area contributed by atoms with Gasteiger partial charge in [0.05, 0.1) is 10.8 Å². The SMILES string of the molecule is CS(=O)(=O)C1(CNC(=O)N2CCCCCC2c2ccc(Cl)cc2)CCC1. The van der Waals surface area contributed by atoms with Crippen LogP contribution in [0.2, 0.25) is 5.02 Å². The topological polar surface area (TPSA) is 66.5 Å². The monoisotopic (exact) mass is 398 g/mol. The molecular weight excluding hydrogens is 372 g/mol. The molecule has 2 fully saturated rings. The van der Waals surface area contributed by atoms with Gasteiger partial charge in [0, 0.05) is 24.4 Å². The number of hydrogen-bond donors (Lipinski definition) is 1. The van der Waals surface area contributed by atoms with Crippen molar-refractivity contribution in [1.82, 2.24) is 10.2 Å². The lowest BCUT2D eigenvalue weighted by atomic mass is 9.84. The van der Waals surface area contributed by atoms with Crippen molar-refractivity contribution in [2.24, 2.45) is 0 Å². The summed E-state index contributed by atoms with van der Waals surface area (Å²) in [5.74, 6) is 0. The third-order valence-electron chi connectivity index (χ3n) is 5.88. The molecule has 0 bridgehead atoms. The predicted octanol–water partition coefficient (Wildman–Crippen LogP) is 3.93. The summed E-state index contributed by atoms with van der Waals surface area (Å²) in [6, 6.07) is 7.49. The summed E-state index contributed by atoms with van der Waals surface area (Å²) in [6.45, 7) is 0.888. The van der Waals surface area contributed by atoms with Crippen LogP contribution in [0, 0.1) is 0 Å². The standard InChI is InChI=1S/C19H27ClN2O3S/c1-26(24,25)19(11-5-12-19)14-21-18(23)22-13-4-2-3-6-17(22)15-7-9-16(20)10-8-15/h7-10,17H,2-6,11-14H2,1H3,(H,21,23). The molecule has 0 radical (unpaired) electrons. The fraction of sp³-hybridized carbons (Fsp3) is 0.632. The number of halogens is 1. The first-order valence-corrected chi connectivity index (χ1v) is 11.6. The summed E-state index contributed by atoms with van der Waals surface area (Å²) in [6.07, 6.45) is 7.49. The Labute approximate surface area is 161 Å². The molecule has 1 aliphatic heterocycles. The van der Waals surface area contributed by atoms with Crippen LogP contribution in [0.25, 0.3) is 0 Å². The molecule has 0 spiro atoms. The van der Waals surface area contributed by atoms with Gasteiger partial charge in [0.25, 0.3) is 0 Å². The minimum atomic E-state index is -3.18. The summed E-state index contributed by atoms with van der Waals surface area (Å²) in [5, 5.41) is 3.60. The number of rotatable bonds is 4. The first kappa shape index (κ1) is 19.5. The molecule has 1 saturated heterocycles. The van der Waals surface area contributed by atoms with Crippen molar-refractivity contribution in [2.45, 2.75) is 55.7 Å². The van der Waals surface area contributed by atoms with Gasteiger partial charge in [0.15, 0.2) is 9.84 Å². The Morgan fingerprint density at radius 2 is 1.88 bits per heavy atom. The van der Waals surface area contributed by atoms with Crippen molar-refractivity contribution in [1.29, 1.82) is 0 Å². The van der Waals surface area contributed by atoms with E-state index in [-0.39, 0.29) is 18.6 Å². The number of carbonyl (C=O) groups excluding carboxylic acids is 1. The molecule has 1 heterocycles. The summed E-state index contributed by atoms with van der Waals surface area (Å²) in [5.41, 5.74) is 1.08. The molecule has 1 atom stereocenters. The van der Waals surface area contributed by atoms with Crippen LogP contribution < -0.4 is 5.32 Å². The van der Waals surface area contributed by atoms with E-state index >= 15 is 0 Å². The average molecular weight is 399 g/mol. The van der Waals surface area contributed by atoms with E-state index in [0.717, 1.165) is 37.7 Å². The molecule has 1 aromatic carbocycles. The number of nitrogens with one attached hydrogen (secondary N) is 1. The highest BCUT2D eigenvalue weighted by atomic mass is 35.5. The molecule has 3 rings (SSSR count). The second-order valence-electron chi connectivity index (χ2n) is 7.58. The van der Waals surface area contributed by atoms with Crippen LogP contribution in [0.1, 0.15) is 56.6 Å². The van der Waals surface area contributed by atoms with Crippen LogP contribution in [0.5, 0.6) is 0 Å². The third-order valence-corrected chi connectivity index (χ3v) is 8.26. The zero-order chi connectivity index (χ0) is 18.8. The van der Waals surface area contributed by atoms with Crippen LogP contribution in [-0.4, -0.2) is 43.4 Å². The van der Waals surface area contributed by atoms with Gasteiger partial charge in [-0.25, -0.2) is 13.2 Å². The summed E-state index contributed by atoms with van der Waals surface area (Å²) < 4.78 is 23.5. The Bertz CT molecular complexity index is 745. The highest BCUT2D eigenvalue weighted by Crippen LogP contribution is 2.38. The molecule has 1 aliphatic carbocycles. The molecule has 26 heavy (non-hydrogen) atoms. The number of hydrogen-bond acceptors (Lipinski definition) is 3. The Hall–Kier alpha value is -1.27. The van der Waals surface area contributed by atoms with Gasteiger partial charge in [-0.15, -0.1) is 0 Å². The predicted molar refractivity (Wildman–Crippen MR) is 104 cm³/mol. The number of carbonyl (C=O) groups is 1. The lowest BCUT2D eigenvalue weighted by molar-refractivity contribution is 0.172. The van der Waals surface area contributed by atoms with Crippen LogP contribution in [0.3, 0.4) is 0 Å². The van der Waals surface area contributed by atoms with Gasteiger partial charge in [-0.1, -0.05) is 43.0 Å². The van der Waals surface area contributed by atoms with E-state index in [2.05, 4.69) is 5.32 Å². The lowest BCUT2D eigenvalue weighted by Gasteiger charge is -2.40. The molecule has 1 saturated carbocycles. The highest BCUT2D eigenvalue weighted by Gasteiger charge is 2.46. The van der Waals surface area contributed by atoms with Crippen LogP contribution in [0.15, 0.2) is 24.3 Å². The summed E-state index contributed by atoms with van der Waals surface area (Å²) in [7, 11) is -3.18. The quantitative estimate of drug-likeness (QED) is 0.835. The molecule has 1 N–H and O–H groups in total. The van der Waals surface area contributed by atoms with Crippen LogP contribution in [0.4, 0.5) is 4.79 Å². The van der Waals surface area contributed by atoms with E-state index in [4.69, 9.17) is 11.6 Å². The number of urea groups is 1. The summed E-state index contributed by atoms with van der Waals surface area (Å²) in [4.78, 5) is 14.8. The van der Waals surface area contributed by atoms with Gasteiger partial charge >= 0.3 is 6.03 Å². The zero-order valence-electron chi connectivity index (χ0n) is 15.2. The Kier molecular flexibility index (Phi) is 5.82. The Morgan fingerprint density at radius 3 is 2.46 bits per heavy atom. The van der Waals surface area contributed by atoms with E-state index < -0.39 is 14.6 Å². The smallest absolute Gasteiger partial charge is 0.317 e. The maximum atomic E-state index is 12.9. The van der Waals surface area contributed by atoms with Crippen molar-refractivity contribution in [3.8, 4) is 0 Å². The van der Waals surface area contributed by atoms with Gasteiger partial charge in [-0.3, -0.25) is 0 Å². The number of sulfone groups is 1. The van der Waals surface area contributed by atoms with E-state index in [1.807, 2.05) is 29.2 Å². The van der Waals surface area contributed by atoms with Crippen molar-refractivity contribution >= 4 is 27.5 Å². The van der Waals surface area contributed by atoms with E-state index in [0.29, 0.717) is 24.4 Å². The number of likely N-dealkylation sites (tertiary alicyclic amines) is 1. The van der Waals surface area contributed by atoms with Gasteiger partial charge in [-0.05, 0) is 43.4 Å². The molecule has 5 nitrogen and oxygen atoms in total. The molecular formula is C19H27ClN2O3S. The van der Waals surface area contributed by atoms with Crippen molar-refractivity contribution < 1.29 is 13.2 Å². The second-order valence-corrected chi connectivity index (χ2v) is 10.4. The minimum absolute atomic E-state index is 0.00495. The fourth-order valence-corrected chi connectivity index (χ4v) is 5.46. The average Bonchev–Trinajstić information content (AvgIpc) is 2.79. The second kappa shape index (κ2) is 7.77. The fourth-order valence-electron chi connectivity index (χ4n) is 3.97. The number of nitrogens with zero attached hydrogens (tertiary/aromatic N) is 1. The molecule has 0 aromatic heterocycles. The minimum Gasteiger partial charge on any atom is -0.336 e. The maximum Gasteiger partial charge on any atom is 0.317 e. The Balaban J connectivity index is 1.73. The van der Waals surface area contributed by atoms with E-state index in [9.17, 15) is 13.2 Å².